The van der Waals surface area contributed by atoms with Gasteiger partial charge in [0.05, 0.1) is 5.60 Å². The Kier molecular flexibility index (Phi) is 6.98. The molecular weight excluding hydrogens is 242 g/mol. The minimum Gasteiger partial charge on any atom is -0.374 e. The van der Waals surface area contributed by atoms with Gasteiger partial charge in [-0.2, -0.15) is 0 Å². The highest BCUT2D eigenvalue weighted by Gasteiger charge is 2.23. The first-order chi connectivity index (χ1) is 8.57. The van der Waals surface area contributed by atoms with Gasteiger partial charge < -0.3 is 9.64 Å². The van der Waals surface area contributed by atoms with Gasteiger partial charge in [0, 0.05) is 26.3 Å². The van der Waals surface area contributed by atoms with Crippen molar-refractivity contribution in [2.45, 2.75) is 46.6 Å². The first kappa shape index (κ1) is 17.8. The molecule has 0 saturated heterocycles. The Balaban J connectivity index is 4.24. The number of ether oxygens (including phenoxy) is 1. The average Bonchev–Trinajstić information content (AvgIpc) is 2.22. The van der Waals surface area contributed by atoms with Gasteiger partial charge in [0.1, 0.15) is 6.29 Å². The van der Waals surface area contributed by atoms with Gasteiger partial charge in [-0.05, 0) is 31.8 Å². The second-order valence-electron chi connectivity index (χ2n) is 6.61. The van der Waals surface area contributed by atoms with Crippen LogP contribution in [0, 0.1) is 5.41 Å². The predicted molar refractivity (Wildman–Crippen MR) is 76.9 cm³/mol. The second-order valence-corrected chi connectivity index (χ2v) is 6.61. The third-order valence-electron chi connectivity index (χ3n) is 2.66. The molecule has 0 atom stereocenters. The fraction of sp³-hybridized carbons (Fsp3) is 0.733. The van der Waals surface area contributed by atoms with E-state index >= 15 is 0 Å². The highest BCUT2D eigenvalue weighted by Crippen LogP contribution is 2.20. The predicted octanol–water partition coefficient (Wildman–Crippen LogP) is 2.43. The number of hydrogen-bond donors (Lipinski definition) is 0. The molecule has 0 aromatic heterocycles. The van der Waals surface area contributed by atoms with E-state index in [1.165, 1.54) is 12.2 Å². The Morgan fingerprint density at radius 2 is 1.79 bits per heavy atom. The van der Waals surface area contributed by atoms with E-state index in [1.54, 1.807) is 11.9 Å². The van der Waals surface area contributed by atoms with E-state index in [4.69, 9.17) is 4.74 Å². The largest absolute Gasteiger partial charge is 0.374 e. The first-order valence-electron chi connectivity index (χ1n) is 6.58. The summed E-state index contributed by atoms with van der Waals surface area (Å²) in [5, 5.41) is 0. The molecule has 0 bridgehead atoms. The van der Waals surface area contributed by atoms with E-state index in [1.807, 2.05) is 13.8 Å². The Labute approximate surface area is 116 Å². The molecule has 4 heteroatoms. The summed E-state index contributed by atoms with van der Waals surface area (Å²) in [5.41, 5.74) is -0.158. The van der Waals surface area contributed by atoms with Crippen LogP contribution in [0.2, 0.25) is 0 Å². The minimum atomic E-state index is -0.398. The number of rotatable bonds is 7. The maximum absolute atomic E-state index is 11.6. The molecule has 0 saturated carbocycles. The van der Waals surface area contributed by atoms with Crippen LogP contribution in [-0.2, 0) is 14.3 Å². The van der Waals surface area contributed by atoms with Crippen LogP contribution in [-0.4, -0.2) is 42.9 Å². The average molecular weight is 269 g/mol. The fourth-order valence-electron chi connectivity index (χ4n) is 1.58. The van der Waals surface area contributed by atoms with Crippen molar-refractivity contribution in [3.05, 3.63) is 12.2 Å². The van der Waals surface area contributed by atoms with Gasteiger partial charge >= 0.3 is 0 Å². The number of aldehydes is 1. The zero-order chi connectivity index (χ0) is 15.1. The summed E-state index contributed by atoms with van der Waals surface area (Å²) in [5.74, 6) is -0.195. The number of hydrogen-bond acceptors (Lipinski definition) is 3. The molecule has 0 spiro atoms. The lowest BCUT2D eigenvalue weighted by Crippen LogP contribution is -2.41. The van der Waals surface area contributed by atoms with Crippen molar-refractivity contribution in [1.82, 2.24) is 4.90 Å². The van der Waals surface area contributed by atoms with Gasteiger partial charge in [-0.3, -0.25) is 9.59 Å². The molecular formula is C15H27NO3. The van der Waals surface area contributed by atoms with Crippen molar-refractivity contribution in [3.8, 4) is 0 Å². The molecule has 0 fully saturated rings. The Bertz CT molecular complexity index is 327. The maximum Gasteiger partial charge on any atom is 0.246 e. The maximum atomic E-state index is 11.6. The molecule has 0 rings (SSSR count). The molecule has 0 heterocycles. The molecule has 110 valence electrons. The fourth-order valence-corrected chi connectivity index (χ4v) is 1.58. The van der Waals surface area contributed by atoms with Crippen LogP contribution in [0.15, 0.2) is 12.2 Å². The smallest absolute Gasteiger partial charge is 0.246 e. The molecule has 0 N–H and O–H groups in total. The van der Waals surface area contributed by atoms with Crippen molar-refractivity contribution in [3.63, 3.8) is 0 Å². The molecule has 1 amide bonds. The van der Waals surface area contributed by atoms with Crippen LogP contribution in [0.3, 0.4) is 0 Å². The number of nitrogens with zero attached hydrogens (tertiary/aromatic N) is 1. The van der Waals surface area contributed by atoms with Gasteiger partial charge in [0.2, 0.25) is 5.91 Å². The third-order valence-corrected chi connectivity index (χ3v) is 2.66. The zero-order valence-electron chi connectivity index (χ0n) is 13.0. The molecule has 0 aliphatic carbocycles. The topological polar surface area (TPSA) is 46.6 Å². The molecule has 0 radical (unpaired) electrons. The van der Waals surface area contributed by atoms with Gasteiger partial charge in [-0.25, -0.2) is 0 Å². The Morgan fingerprint density at radius 1 is 1.21 bits per heavy atom. The van der Waals surface area contributed by atoms with Crippen molar-refractivity contribution in [1.29, 1.82) is 0 Å². The van der Waals surface area contributed by atoms with Crippen LogP contribution in [0.5, 0.6) is 0 Å². The van der Waals surface area contributed by atoms with Crippen molar-refractivity contribution < 1.29 is 14.3 Å². The summed E-state index contributed by atoms with van der Waals surface area (Å²) in [7, 11) is 1.70. The molecule has 0 aliphatic heterocycles. The molecule has 19 heavy (non-hydrogen) atoms. The van der Waals surface area contributed by atoms with Crippen molar-refractivity contribution >= 4 is 12.2 Å². The van der Waals surface area contributed by atoms with Crippen LogP contribution < -0.4 is 0 Å². The van der Waals surface area contributed by atoms with E-state index in [-0.39, 0.29) is 11.3 Å². The Morgan fingerprint density at radius 3 is 2.26 bits per heavy atom. The Hall–Kier alpha value is -1.16. The SMILES string of the molecule is CN(CC(C)(C)OCCC(C)(C)C)C(=O)/C=C\C=O. The lowest BCUT2D eigenvalue weighted by atomic mass is 9.93. The number of allylic oxidation sites excluding steroid dienone is 1. The number of carbonyl (C=O) groups is 2. The van der Waals surface area contributed by atoms with Gasteiger partial charge in [0.25, 0.3) is 0 Å². The number of amides is 1. The third kappa shape index (κ3) is 9.42. The number of carbonyl (C=O) groups excluding carboxylic acids is 2. The van der Waals surface area contributed by atoms with Crippen molar-refractivity contribution in [2.24, 2.45) is 5.41 Å². The number of likely N-dealkylation sites (N-methyl/N-ethyl adjacent to an activating group) is 1. The van der Waals surface area contributed by atoms with E-state index < -0.39 is 5.60 Å². The van der Waals surface area contributed by atoms with E-state index in [0.29, 0.717) is 19.4 Å². The summed E-state index contributed by atoms with van der Waals surface area (Å²) in [6, 6.07) is 0. The van der Waals surface area contributed by atoms with Crippen LogP contribution >= 0.6 is 0 Å². The van der Waals surface area contributed by atoms with Crippen LogP contribution in [0.25, 0.3) is 0 Å². The van der Waals surface area contributed by atoms with Crippen LogP contribution in [0.4, 0.5) is 0 Å². The highest BCUT2D eigenvalue weighted by molar-refractivity contribution is 5.90. The van der Waals surface area contributed by atoms with E-state index in [2.05, 4.69) is 20.8 Å². The summed E-state index contributed by atoms with van der Waals surface area (Å²) in [6.45, 7) is 11.6. The summed E-state index contributed by atoms with van der Waals surface area (Å²) in [4.78, 5) is 23.4. The highest BCUT2D eigenvalue weighted by atomic mass is 16.5. The minimum absolute atomic E-state index is 0.195. The van der Waals surface area contributed by atoms with Gasteiger partial charge in [0.15, 0.2) is 0 Å². The standard InChI is InChI=1S/C15H27NO3/c1-14(2,3)9-11-19-15(4,5)12-16(6)13(18)8-7-10-17/h7-8,10H,9,11-12H2,1-6H3/b8-7-. The lowest BCUT2D eigenvalue weighted by Gasteiger charge is -2.31. The summed E-state index contributed by atoms with van der Waals surface area (Å²) in [6.07, 6.45) is 4.03. The van der Waals surface area contributed by atoms with Gasteiger partial charge in [-0.1, -0.05) is 20.8 Å². The summed E-state index contributed by atoms with van der Waals surface area (Å²) >= 11 is 0. The second kappa shape index (κ2) is 7.43. The van der Waals surface area contributed by atoms with Crippen LogP contribution in [0.1, 0.15) is 41.0 Å². The quantitative estimate of drug-likeness (QED) is 0.527. The monoisotopic (exact) mass is 269 g/mol. The first-order valence-corrected chi connectivity index (χ1v) is 6.58. The molecule has 0 unspecified atom stereocenters. The van der Waals surface area contributed by atoms with Crippen molar-refractivity contribution in [2.75, 3.05) is 20.2 Å². The summed E-state index contributed by atoms with van der Waals surface area (Å²) < 4.78 is 5.84. The zero-order valence-corrected chi connectivity index (χ0v) is 13.0. The van der Waals surface area contributed by atoms with E-state index in [0.717, 1.165) is 6.42 Å². The molecule has 0 aliphatic rings. The lowest BCUT2D eigenvalue weighted by molar-refractivity contribution is -0.129. The van der Waals surface area contributed by atoms with E-state index in [9.17, 15) is 9.59 Å². The molecule has 0 aromatic carbocycles. The normalized spacial score (nSPS) is 12.7. The molecule has 4 nitrogen and oxygen atoms in total. The molecule has 0 aromatic rings. The van der Waals surface area contributed by atoms with Gasteiger partial charge in [-0.15, -0.1) is 0 Å².